The van der Waals surface area contributed by atoms with Crippen LogP contribution in [0.2, 0.25) is 5.02 Å². The van der Waals surface area contributed by atoms with Crippen LogP contribution in [0.5, 0.6) is 5.75 Å². The van der Waals surface area contributed by atoms with E-state index < -0.39 is 22.5 Å². The van der Waals surface area contributed by atoms with Gasteiger partial charge in [-0.25, -0.2) is 18.6 Å². The van der Waals surface area contributed by atoms with Crippen molar-refractivity contribution in [1.29, 1.82) is 0 Å². The Morgan fingerprint density at radius 1 is 1.06 bits per heavy atom. The third-order valence-electron chi connectivity index (χ3n) is 4.16. The molecule has 3 aromatic carbocycles. The number of nitrogens with zero attached hydrogens (tertiary/aromatic N) is 1. The standard InChI is InChI=1S/C22H19BrClN3O4S/c23-21-11-8-19(31-15-16-4-2-1-3-5-16)12-17(21)13-25-27-22(28)14-26-32(29,30)20-9-6-18(24)7-10-20/h1-13,26H,14-15H2,(H,27,28). The Bertz CT molecular complexity index is 1200. The summed E-state index contributed by atoms with van der Waals surface area (Å²) < 4.78 is 33.1. The van der Waals surface area contributed by atoms with Gasteiger partial charge in [-0.1, -0.05) is 57.9 Å². The van der Waals surface area contributed by atoms with Crippen LogP contribution in [0, 0.1) is 0 Å². The van der Waals surface area contributed by atoms with Crippen LogP contribution in [0.15, 0.2) is 87.3 Å². The molecule has 32 heavy (non-hydrogen) atoms. The number of ether oxygens (including phenoxy) is 1. The lowest BCUT2D eigenvalue weighted by molar-refractivity contribution is -0.119. The normalized spacial score (nSPS) is 11.4. The van der Waals surface area contributed by atoms with Gasteiger partial charge in [-0.05, 0) is 48.0 Å². The Hall–Kier alpha value is -2.72. The third kappa shape index (κ3) is 7.16. The van der Waals surface area contributed by atoms with E-state index in [4.69, 9.17) is 16.3 Å². The molecule has 0 atom stereocenters. The smallest absolute Gasteiger partial charge is 0.255 e. The highest BCUT2D eigenvalue weighted by molar-refractivity contribution is 9.10. The quantitative estimate of drug-likeness (QED) is 0.318. The van der Waals surface area contributed by atoms with E-state index in [1.54, 1.807) is 6.07 Å². The molecule has 0 unspecified atom stereocenters. The predicted molar refractivity (Wildman–Crippen MR) is 127 cm³/mol. The van der Waals surface area contributed by atoms with Crippen LogP contribution in [0.1, 0.15) is 11.1 Å². The van der Waals surface area contributed by atoms with Crippen molar-refractivity contribution in [1.82, 2.24) is 10.1 Å². The van der Waals surface area contributed by atoms with Gasteiger partial charge in [0.15, 0.2) is 0 Å². The molecule has 0 aromatic heterocycles. The second-order valence-electron chi connectivity index (χ2n) is 6.53. The summed E-state index contributed by atoms with van der Waals surface area (Å²) in [7, 11) is -3.84. The lowest BCUT2D eigenvalue weighted by Crippen LogP contribution is -2.34. The van der Waals surface area contributed by atoms with Crippen LogP contribution in [0.25, 0.3) is 0 Å². The van der Waals surface area contributed by atoms with E-state index in [1.807, 2.05) is 42.5 Å². The van der Waals surface area contributed by atoms with Crippen molar-refractivity contribution < 1.29 is 17.9 Å². The van der Waals surface area contributed by atoms with Gasteiger partial charge in [-0.15, -0.1) is 0 Å². The average molecular weight is 537 g/mol. The van der Waals surface area contributed by atoms with Gasteiger partial charge in [0.1, 0.15) is 12.4 Å². The van der Waals surface area contributed by atoms with Gasteiger partial charge in [-0.2, -0.15) is 5.10 Å². The number of nitrogens with one attached hydrogen (secondary N) is 2. The number of amides is 1. The molecule has 166 valence electrons. The van der Waals surface area contributed by atoms with Gasteiger partial charge >= 0.3 is 0 Å². The Kier molecular flexibility index (Phi) is 8.40. The van der Waals surface area contributed by atoms with Gasteiger partial charge in [0.2, 0.25) is 10.0 Å². The molecule has 7 nitrogen and oxygen atoms in total. The molecule has 0 aliphatic heterocycles. The van der Waals surface area contributed by atoms with Gasteiger partial charge in [0.25, 0.3) is 5.91 Å². The van der Waals surface area contributed by atoms with Gasteiger partial charge in [0, 0.05) is 15.1 Å². The maximum absolute atomic E-state index is 12.2. The number of sulfonamides is 1. The Morgan fingerprint density at radius 3 is 2.50 bits per heavy atom. The largest absolute Gasteiger partial charge is 0.489 e. The minimum Gasteiger partial charge on any atom is -0.489 e. The van der Waals surface area contributed by atoms with E-state index in [9.17, 15) is 13.2 Å². The molecule has 0 heterocycles. The summed E-state index contributed by atoms with van der Waals surface area (Å²) in [6.45, 7) is -0.0484. The minimum absolute atomic E-state index is 0.00875. The zero-order valence-electron chi connectivity index (χ0n) is 16.7. The minimum atomic E-state index is -3.84. The SMILES string of the molecule is O=C(CNS(=O)(=O)c1ccc(Cl)cc1)NN=Cc1cc(OCc2ccccc2)ccc1Br. The van der Waals surface area contributed by atoms with Crippen LogP contribution in [0.4, 0.5) is 0 Å². The Morgan fingerprint density at radius 2 is 1.78 bits per heavy atom. The zero-order valence-corrected chi connectivity index (χ0v) is 19.8. The first-order valence-corrected chi connectivity index (χ1v) is 12.0. The summed E-state index contributed by atoms with van der Waals surface area (Å²) in [6.07, 6.45) is 1.44. The van der Waals surface area contributed by atoms with Crippen molar-refractivity contribution in [2.75, 3.05) is 6.54 Å². The molecule has 0 radical (unpaired) electrons. The van der Waals surface area contributed by atoms with E-state index >= 15 is 0 Å². The lowest BCUT2D eigenvalue weighted by Gasteiger charge is -2.08. The van der Waals surface area contributed by atoms with Gasteiger partial charge < -0.3 is 4.74 Å². The first-order chi connectivity index (χ1) is 15.3. The topological polar surface area (TPSA) is 96.9 Å². The fraction of sp³-hybridized carbons (Fsp3) is 0.0909. The van der Waals surface area contributed by atoms with Crippen LogP contribution in [0.3, 0.4) is 0 Å². The van der Waals surface area contributed by atoms with Gasteiger partial charge in [-0.3, -0.25) is 4.79 Å². The van der Waals surface area contributed by atoms with E-state index in [0.717, 1.165) is 10.0 Å². The van der Waals surface area contributed by atoms with Crippen LogP contribution in [-0.4, -0.2) is 27.1 Å². The molecular weight excluding hydrogens is 518 g/mol. The highest BCUT2D eigenvalue weighted by Crippen LogP contribution is 2.22. The molecular formula is C22H19BrClN3O4S. The summed E-state index contributed by atoms with van der Waals surface area (Å²) >= 11 is 9.18. The van der Waals surface area contributed by atoms with E-state index in [0.29, 0.717) is 22.9 Å². The third-order valence-corrected chi connectivity index (χ3v) is 6.55. The highest BCUT2D eigenvalue weighted by atomic mass is 79.9. The number of hydrazone groups is 1. The van der Waals surface area contributed by atoms with Crippen molar-refractivity contribution in [3.63, 3.8) is 0 Å². The molecule has 1 amide bonds. The van der Waals surface area contributed by atoms with E-state index in [1.165, 1.54) is 30.5 Å². The molecule has 3 rings (SSSR count). The van der Waals surface area contributed by atoms with Gasteiger partial charge in [0.05, 0.1) is 17.7 Å². The molecule has 2 N–H and O–H groups in total. The second kappa shape index (κ2) is 11.2. The molecule has 0 fully saturated rings. The molecule has 3 aromatic rings. The number of halogens is 2. The molecule has 10 heteroatoms. The number of hydrogen-bond donors (Lipinski definition) is 2. The number of hydrogen-bond acceptors (Lipinski definition) is 5. The van der Waals surface area contributed by atoms with Crippen molar-refractivity contribution in [2.45, 2.75) is 11.5 Å². The maximum atomic E-state index is 12.2. The summed E-state index contributed by atoms with van der Waals surface area (Å²) in [6, 6.07) is 20.8. The lowest BCUT2D eigenvalue weighted by atomic mass is 10.2. The van der Waals surface area contributed by atoms with E-state index in [-0.39, 0.29) is 4.90 Å². The monoisotopic (exact) mass is 535 g/mol. The summed E-state index contributed by atoms with van der Waals surface area (Å²) in [5, 5.41) is 4.30. The van der Waals surface area contributed by atoms with Crippen molar-refractivity contribution in [3.8, 4) is 5.75 Å². The molecule has 0 saturated heterocycles. The summed E-state index contributed by atoms with van der Waals surface area (Å²) in [5.74, 6) is 0.0203. The van der Waals surface area contributed by atoms with Crippen LogP contribution < -0.4 is 14.9 Å². The molecule has 0 saturated carbocycles. The molecule has 0 aliphatic rings. The molecule has 0 spiro atoms. The first kappa shape index (κ1) is 23.9. The predicted octanol–water partition coefficient (Wildman–Crippen LogP) is 4.11. The first-order valence-electron chi connectivity index (χ1n) is 9.37. The Balaban J connectivity index is 1.53. The van der Waals surface area contributed by atoms with Crippen molar-refractivity contribution >= 4 is 49.7 Å². The van der Waals surface area contributed by atoms with Crippen molar-refractivity contribution in [2.24, 2.45) is 5.10 Å². The fourth-order valence-corrected chi connectivity index (χ4v) is 3.98. The Labute approximate surface area is 199 Å². The highest BCUT2D eigenvalue weighted by Gasteiger charge is 2.15. The number of rotatable bonds is 9. The number of carbonyl (C=O) groups excluding carboxylic acids is 1. The number of carbonyl (C=O) groups is 1. The summed E-state index contributed by atoms with van der Waals surface area (Å²) in [5.41, 5.74) is 4.01. The van der Waals surface area contributed by atoms with E-state index in [2.05, 4.69) is 31.2 Å². The second-order valence-corrected chi connectivity index (χ2v) is 9.59. The molecule has 0 bridgehead atoms. The maximum Gasteiger partial charge on any atom is 0.255 e. The average Bonchev–Trinajstić information content (AvgIpc) is 2.79. The van der Waals surface area contributed by atoms with Crippen LogP contribution >= 0.6 is 27.5 Å². The fourth-order valence-electron chi connectivity index (χ4n) is 2.52. The number of benzene rings is 3. The van der Waals surface area contributed by atoms with Crippen LogP contribution in [-0.2, 0) is 21.4 Å². The zero-order chi connectivity index (χ0) is 23.0. The molecule has 0 aliphatic carbocycles. The van der Waals surface area contributed by atoms with Crippen molar-refractivity contribution in [3.05, 3.63) is 93.4 Å². The summed E-state index contributed by atoms with van der Waals surface area (Å²) in [4.78, 5) is 12.0.